The number of hydrogen-bond acceptors (Lipinski definition) is 7. The molecule has 8 heteroatoms. The highest BCUT2D eigenvalue weighted by Crippen LogP contribution is 2.34. The van der Waals surface area contributed by atoms with Crippen molar-refractivity contribution in [2.24, 2.45) is 0 Å². The molecule has 2 aliphatic heterocycles. The Morgan fingerprint density at radius 1 is 1.11 bits per heavy atom. The van der Waals surface area contributed by atoms with Crippen molar-refractivity contribution in [2.75, 3.05) is 34.2 Å². The molecule has 2 amide bonds. The average molecular weight is 486 g/mol. The van der Waals surface area contributed by atoms with E-state index in [0.29, 0.717) is 30.6 Å². The first-order chi connectivity index (χ1) is 16.8. The number of imide groups is 1. The molecule has 0 bridgehead atoms. The Labute approximate surface area is 207 Å². The van der Waals surface area contributed by atoms with Crippen LogP contribution in [0.4, 0.5) is 0 Å². The second-order valence-electron chi connectivity index (χ2n) is 9.08. The quantitative estimate of drug-likeness (QED) is 0.254. The summed E-state index contributed by atoms with van der Waals surface area (Å²) in [6.45, 7) is 6.18. The molecule has 1 aromatic rings. The van der Waals surface area contributed by atoms with E-state index in [4.69, 9.17) is 23.7 Å². The second kappa shape index (κ2) is 12.4. The van der Waals surface area contributed by atoms with E-state index in [2.05, 4.69) is 11.8 Å². The van der Waals surface area contributed by atoms with Crippen LogP contribution in [0.2, 0.25) is 0 Å². The number of rotatable bonds is 12. The van der Waals surface area contributed by atoms with Crippen LogP contribution in [0.1, 0.15) is 60.7 Å². The number of methoxy groups -OCH3 is 2. The topological polar surface area (TPSA) is 83.5 Å². The van der Waals surface area contributed by atoms with Gasteiger partial charge in [-0.2, -0.15) is 0 Å². The maximum absolute atomic E-state index is 12.9. The molecule has 1 saturated heterocycles. The van der Waals surface area contributed by atoms with Crippen LogP contribution in [0.5, 0.6) is 0 Å². The fraction of sp³-hybridized carbons (Fsp3) is 0.556. The van der Waals surface area contributed by atoms with Crippen LogP contribution < -0.4 is 0 Å². The minimum Gasteiger partial charge on any atom is -0.380 e. The average Bonchev–Trinajstić information content (AvgIpc) is 3.26. The summed E-state index contributed by atoms with van der Waals surface area (Å²) < 4.78 is 28.7. The van der Waals surface area contributed by atoms with Gasteiger partial charge in [-0.05, 0) is 57.4 Å². The van der Waals surface area contributed by atoms with Crippen molar-refractivity contribution >= 4 is 11.8 Å². The van der Waals surface area contributed by atoms with Crippen LogP contribution in [-0.4, -0.2) is 75.0 Å². The third-order valence-electron chi connectivity index (χ3n) is 5.97. The molecule has 2 aliphatic rings. The third-order valence-corrected chi connectivity index (χ3v) is 5.97. The molecule has 3 rings (SSSR count). The molecule has 1 fully saturated rings. The highest BCUT2D eigenvalue weighted by molar-refractivity contribution is 6.21. The summed E-state index contributed by atoms with van der Waals surface area (Å²) in [4.78, 5) is 27.0. The minimum atomic E-state index is -0.759. The van der Waals surface area contributed by atoms with E-state index < -0.39 is 11.9 Å². The van der Waals surface area contributed by atoms with Crippen LogP contribution >= 0.6 is 0 Å². The van der Waals surface area contributed by atoms with E-state index >= 15 is 0 Å². The Morgan fingerprint density at radius 2 is 1.77 bits per heavy atom. The Balaban J connectivity index is 1.71. The molecule has 0 radical (unpaired) electrons. The molecule has 0 aliphatic carbocycles. The third kappa shape index (κ3) is 7.00. The number of carbonyl (C=O) groups excluding carboxylic acids is 2. The number of benzene rings is 1. The number of allylic oxidation sites excluding steroid dienone is 1. The first-order valence-electron chi connectivity index (χ1n) is 11.8. The lowest BCUT2D eigenvalue weighted by molar-refractivity contribution is -0.152. The van der Waals surface area contributed by atoms with Crippen molar-refractivity contribution in [1.82, 2.24) is 4.90 Å². The second-order valence-corrected chi connectivity index (χ2v) is 9.08. The van der Waals surface area contributed by atoms with Crippen molar-refractivity contribution in [3.8, 4) is 11.8 Å². The summed E-state index contributed by atoms with van der Waals surface area (Å²) in [5.74, 6) is 4.46. The zero-order valence-corrected chi connectivity index (χ0v) is 21.2. The summed E-state index contributed by atoms with van der Waals surface area (Å²) in [6.07, 6.45) is 2.79. The molecular weight excluding hydrogens is 450 g/mol. The van der Waals surface area contributed by atoms with Crippen molar-refractivity contribution in [3.63, 3.8) is 0 Å². The monoisotopic (exact) mass is 485 g/mol. The van der Waals surface area contributed by atoms with E-state index in [9.17, 15) is 9.59 Å². The van der Waals surface area contributed by atoms with E-state index in [-0.39, 0.29) is 37.4 Å². The van der Waals surface area contributed by atoms with Gasteiger partial charge >= 0.3 is 0 Å². The normalized spacial score (nSPS) is 22.2. The van der Waals surface area contributed by atoms with E-state index in [1.165, 1.54) is 12.0 Å². The van der Waals surface area contributed by atoms with Gasteiger partial charge in [0.05, 0.1) is 42.6 Å². The molecule has 8 nitrogen and oxygen atoms in total. The Bertz CT molecular complexity index is 956. The lowest BCUT2D eigenvalue weighted by Crippen LogP contribution is -2.41. The number of ether oxygens (including phenoxy) is 5. The van der Waals surface area contributed by atoms with Gasteiger partial charge in [0.25, 0.3) is 11.8 Å². The Hall–Kier alpha value is -2.54. The number of nitrogens with zero attached hydrogens (tertiary/aromatic N) is 1. The molecule has 35 heavy (non-hydrogen) atoms. The molecule has 0 spiro atoms. The van der Waals surface area contributed by atoms with Gasteiger partial charge in [-0.15, -0.1) is 5.92 Å². The van der Waals surface area contributed by atoms with Gasteiger partial charge in [-0.1, -0.05) is 18.1 Å². The lowest BCUT2D eigenvalue weighted by Gasteiger charge is -2.26. The molecule has 0 unspecified atom stereocenters. The smallest absolute Gasteiger partial charge is 0.261 e. The van der Waals surface area contributed by atoms with Crippen molar-refractivity contribution in [2.45, 2.75) is 64.1 Å². The van der Waals surface area contributed by atoms with Gasteiger partial charge in [0, 0.05) is 20.6 Å². The summed E-state index contributed by atoms with van der Waals surface area (Å²) >= 11 is 0. The van der Waals surface area contributed by atoms with Crippen LogP contribution in [0, 0.1) is 11.8 Å². The van der Waals surface area contributed by atoms with Crippen molar-refractivity contribution in [3.05, 3.63) is 47.0 Å². The Morgan fingerprint density at radius 3 is 2.37 bits per heavy atom. The maximum atomic E-state index is 12.9. The number of fused-ring (bicyclic) bond motifs is 1. The fourth-order valence-electron chi connectivity index (χ4n) is 4.45. The van der Waals surface area contributed by atoms with E-state index in [0.717, 1.165) is 12.0 Å². The summed E-state index contributed by atoms with van der Waals surface area (Å²) in [6, 6.07) is 6.84. The largest absolute Gasteiger partial charge is 0.380 e. The van der Waals surface area contributed by atoms with Gasteiger partial charge in [-0.25, -0.2) is 0 Å². The predicted octanol–water partition coefficient (Wildman–Crippen LogP) is 3.56. The number of amides is 2. The highest BCUT2D eigenvalue weighted by atomic mass is 16.8. The number of carbonyl (C=O) groups is 2. The molecule has 190 valence electrons. The molecule has 0 saturated carbocycles. The standard InChI is InChI=1S/C27H35NO7/c1-6-7-10-19(17-31-4)13-14-23-24(35-27(2,3)34-23)15-20(33-18-32-5)16-28-25(29)21-11-8-9-12-22(21)26(28)30/h8-12,20,23-24H,13-18H2,1-5H3/b19-10-/t20-,23+,24-/m0/s1. The predicted molar refractivity (Wildman–Crippen MR) is 130 cm³/mol. The molecule has 0 aromatic heterocycles. The lowest BCUT2D eigenvalue weighted by atomic mass is 9.99. The van der Waals surface area contributed by atoms with Crippen LogP contribution in [0.25, 0.3) is 0 Å². The molecule has 3 atom stereocenters. The molecular formula is C27H35NO7. The van der Waals surface area contributed by atoms with Crippen molar-refractivity contribution in [1.29, 1.82) is 0 Å². The van der Waals surface area contributed by atoms with Crippen LogP contribution in [0.3, 0.4) is 0 Å². The first-order valence-corrected chi connectivity index (χ1v) is 11.8. The maximum Gasteiger partial charge on any atom is 0.261 e. The zero-order chi connectivity index (χ0) is 25.4. The van der Waals surface area contributed by atoms with Crippen LogP contribution in [0.15, 0.2) is 35.9 Å². The summed E-state index contributed by atoms with van der Waals surface area (Å²) in [5, 5.41) is 0. The van der Waals surface area contributed by atoms with Gasteiger partial charge in [0.15, 0.2) is 5.79 Å². The van der Waals surface area contributed by atoms with Gasteiger partial charge < -0.3 is 23.7 Å². The Kier molecular flexibility index (Phi) is 9.61. The van der Waals surface area contributed by atoms with Gasteiger partial charge in [0.1, 0.15) is 6.79 Å². The zero-order valence-electron chi connectivity index (χ0n) is 21.2. The minimum absolute atomic E-state index is 0.0336. The van der Waals surface area contributed by atoms with Gasteiger partial charge in [-0.3, -0.25) is 14.5 Å². The SMILES string of the molecule is CC#C/C=C(/CC[C@H]1OC(C)(C)O[C@H]1C[C@@H](CN1C(=O)c2ccccc2C1=O)OCOC)COC. The van der Waals surface area contributed by atoms with Crippen molar-refractivity contribution < 1.29 is 33.3 Å². The van der Waals surface area contributed by atoms with Gasteiger partial charge in [0.2, 0.25) is 0 Å². The highest BCUT2D eigenvalue weighted by Gasteiger charge is 2.43. The molecule has 2 heterocycles. The van der Waals surface area contributed by atoms with E-state index in [1.807, 2.05) is 19.9 Å². The van der Waals surface area contributed by atoms with E-state index in [1.54, 1.807) is 38.3 Å². The summed E-state index contributed by atoms with van der Waals surface area (Å²) in [7, 11) is 3.19. The fourth-order valence-corrected chi connectivity index (χ4v) is 4.45. The molecule has 0 N–H and O–H groups in total. The summed E-state index contributed by atoms with van der Waals surface area (Å²) in [5.41, 5.74) is 1.90. The number of hydrogen-bond donors (Lipinski definition) is 0. The molecule has 1 aromatic carbocycles. The first kappa shape index (κ1) is 27.1. The van der Waals surface area contributed by atoms with Crippen LogP contribution in [-0.2, 0) is 23.7 Å².